The normalized spacial score (nSPS) is 10.6. The van der Waals surface area contributed by atoms with E-state index in [-0.39, 0.29) is 0 Å². The molecule has 0 saturated carbocycles. The topological polar surface area (TPSA) is 47.0 Å². The lowest BCUT2D eigenvalue weighted by atomic mass is 10.1. The SMILES string of the molecule is CC(C)c1cc(-c2ccccn2)cc(ONc2ccccc2)n1. The summed E-state index contributed by atoms with van der Waals surface area (Å²) in [5.74, 6) is 0.832. The Kier molecular flexibility index (Phi) is 4.52. The summed E-state index contributed by atoms with van der Waals surface area (Å²) in [6.45, 7) is 4.22. The Bertz CT molecular complexity index is 758. The molecule has 4 heteroatoms. The van der Waals surface area contributed by atoms with E-state index in [4.69, 9.17) is 4.84 Å². The maximum absolute atomic E-state index is 5.66. The Morgan fingerprint density at radius 2 is 1.74 bits per heavy atom. The van der Waals surface area contributed by atoms with Gasteiger partial charge in [-0.25, -0.2) is 10.5 Å². The Morgan fingerprint density at radius 3 is 2.43 bits per heavy atom. The first-order valence-electron chi connectivity index (χ1n) is 7.63. The molecule has 0 aliphatic carbocycles. The van der Waals surface area contributed by atoms with Gasteiger partial charge in [0.15, 0.2) is 0 Å². The zero-order chi connectivity index (χ0) is 16.1. The molecule has 3 aromatic rings. The molecule has 0 bridgehead atoms. The first-order valence-corrected chi connectivity index (χ1v) is 7.63. The second-order valence-corrected chi connectivity index (χ2v) is 5.56. The van der Waals surface area contributed by atoms with Gasteiger partial charge in [0.05, 0.1) is 11.4 Å². The van der Waals surface area contributed by atoms with Crippen LogP contribution in [-0.2, 0) is 0 Å². The number of rotatable bonds is 5. The third kappa shape index (κ3) is 3.86. The van der Waals surface area contributed by atoms with Gasteiger partial charge in [0.1, 0.15) is 0 Å². The van der Waals surface area contributed by atoms with Gasteiger partial charge >= 0.3 is 0 Å². The number of pyridine rings is 2. The fraction of sp³-hybridized carbons (Fsp3) is 0.158. The molecule has 1 aromatic carbocycles. The fourth-order valence-electron chi connectivity index (χ4n) is 2.17. The van der Waals surface area contributed by atoms with Gasteiger partial charge in [-0.2, -0.15) is 0 Å². The van der Waals surface area contributed by atoms with Crippen LogP contribution in [0.25, 0.3) is 11.3 Å². The highest BCUT2D eigenvalue weighted by atomic mass is 16.7. The molecule has 0 aliphatic rings. The predicted molar refractivity (Wildman–Crippen MR) is 92.2 cm³/mol. The Morgan fingerprint density at radius 1 is 0.957 bits per heavy atom. The number of anilines is 1. The molecule has 0 spiro atoms. The van der Waals surface area contributed by atoms with E-state index in [1.54, 1.807) is 6.20 Å². The molecule has 2 heterocycles. The minimum atomic E-state index is 0.303. The van der Waals surface area contributed by atoms with Crippen LogP contribution in [0.4, 0.5) is 5.69 Å². The van der Waals surface area contributed by atoms with Crippen molar-refractivity contribution < 1.29 is 4.84 Å². The van der Waals surface area contributed by atoms with E-state index in [2.05, 4.69) is 35.4 Å². The maximum Gasteiger partial charge on any atom is 0.246 e. The quantitative estimate of drug-likeness (QED) is 0.696. The standard InChI is InChI=1S/C19H19N3O/c1-14(2)18-12-15(17-10-6-7-11-20-17)13-19(21-18)23-22-16-8-4-3-5-9-16/h3-14,22H,1-2H3. The van der Waals surface area contributed by atoms with E-state index in [0.717, 1.165) is 22.6 Å². The van der Waals surface area contributed by atoms with Crippen LogP contribution in [0, 0.1) is 0 Å². The average Bonchev–Trinajstić information content (AvgIpc) is 2.61. The molecule has 0 amide bonds. The van der Waals surface area contributed by atoms with Crippen molar-refractivity contribution in [3.63, 3.8) is 0 Å². The molecule has 116 valence electrons. The van der Waals surface area contributed by atoms with E-state index < -0.39 is 0 Å². The number of hydrogen-bond donors (Lipinski definition) is 1. The summed E-state index contributed by atoms with van der Waals surface area (Å²) in [5.41, 5.74) is 6.67. The summed E-state index contributed by atoms with van der Waals surface area (Å²) in [6, 6.07) is 19.5. The summed E-state index contributed by atoms with van der Waals surface area (Å²) in [6.07, 6.45) is 1.79. The number of benzene rings is 1. The highest BCUT2D eigenvalue weighted by Gasteiger charge is 2.09. The van der Waals surface area contributed by atoms with Crippen LogP contribution in [0.2, 0.25) is 0 Å². The number of nitrogens with one attached hydrogen (secondary N) is 1. The lowest BCUT2D eigenvalue weighted by Gasteiger charge is -2.12. The molecule has 3 rings (SSSR count). The molecule has 0 atom stereocenters. The van der Waals surface area contributed by atoms with Crippen LogP contribution >= 0.6 is 0 Å². The molecule has 0 saturated heterocycles. The van der Waals surface area contributed by atoms with Gasteiger partial charge in [-0.15, -0.1) is 0 Å². The number of nitrogens with zero attached hydrogens (tertiary/aromatic N) is 2. The zero-order valence-electron chi connectivity index (χ0n) is 13.2. The van der Waals surface area contributed by atoms with Crippen LogP contribution in [0.5, 0.6) is 5.88 Å². The zero-order valence-corrected chi connectivity index (χ0v) is 13.2. The van der Waals surface area contributed by atoms with E-state index in [0.29, 0.717) is 11.8 Å². The molecule has 23 heavy (non-hydrogen) atoms. The van der Waals surface area contributed by atoms with E-state index >= 15 is 0 Å². The van der Waals surface area contributed by atoms with Gasteiger partial charge < -0.3 is 4.84 Å². The van der Waals surface area contributed by atoms with Crippen molar-refractivity contribution in [2.75, 3.05) is 5.48 Å². The second kappa shape index (κ2) is 6.92. The van der Waals surface area contributed by atoms with Crippen molar-refractivity contribution in [2.24, 2.45) is 0 Å². The van der Waals surface area contributed by atoms with Crippen molar-refractivity contribution in [1.29, 1.82) is 0 Å². The summed E-state index contributed by atoms with van der Waals surface area (Å²) < 4.78 is 0. The van der Waals surface area contributed by atoms with Crippen molar-refractivity contribution in [2.45, 2.75) is 19.8 Å². The average molecular weight is 305 g/mol. The van der Waals surface area contributed by atoms with Gasteiger partial charge in [-0.3, -0.25) is 4.98 Å². The molecule has 4 nitrogen and oxygen atoms in total. The number of hydrogen-bond acceptors (Lipinski definition) is 4. The van der Waals surface area contributed by atoms with Crippen LogP contribution in [-0.4, -0.2) is 9.97 Å². The summed E-state index contributed by atoms with van der Waals surface area (Å²) in [7, 11) is 0. The molecule has 2 aromatic heterocycles. The summed E-state index contributed by atoms with van der Waals surface area (Å²) in [4.78, 5) is 14.6. The lowest BCUT2D eigenvalue weighted by molar-refractivity contribution is 0.387. The highest BCUT2D eigenvalue weighted by Crippen LogP contribution is 2.25. The Balaban J connectivity index is 1.88. The lowest BCUT2D eigenvalue weighted by Crippen LogP contribution is -2.07. The number of aromatic nitrogens is 2. The first-order chi connectivity index (χ1) is 11.2. The Hall–Kier alpha value is -2.88. The molecular weight excluding hydrogens is 286 g/mol. The summed E-state index contributed by atoms with van der Waals surface area (Å²) in [5, 5.41) is 0. The van der Waals surface area contributed by atoms with Gasteiger partial charge in [0.25, 0.3) is 0 Å². The fourth-order valence-corrected chi connectivity index (χ4v) is 2.17. The smallest absolute Gasteiger partial charge is 0.246 e. The van der Waals surface area contributed by atoms with E-state index in [9.17, 15) is 0 Å². The molecule has 0 fully saturated rings. The minimum Gasteiger partial charge on any atom is -0.362 e. The van der Waals surface area contributed by atoms with Crippen LogP contribution in [0.1, 0.15) is 25.5 Å². The van der Waals surface area contributed by atoms with Crippen molar-refractivity contribution >= 4 is 5.69 Å². The number of para-hydroxylation sites is 1. The van der Waals surface area contributed by atoms with Gasteiger partial charge in [0.2, 0.25) is 5.88 Å². The van der Waals surface area contributed by atoms with Crippen LogP contribution in [0.15, 0.2) is 66.9 Å². The Labute approximate surface area is 136 Å². The first kappa shape index (κ1) is 15.0. The molecule has 0 aliphatic heterocycles. The molecule has 0 radical (unpaired) electrons. The highest BCUT2D eigenvalue weighted by molar-refractivity contribution is 5.61. The minimum absolute atomic E-state index is 0.303. The van der Waals surface area contributed by atoms with Gasteiger partial charge in [-0.05, 0) is 36.2 Å². The second-order valence-electron chi connectivity index (χ2n) is 5.56. The van der Waals surface area contributed by atoms with Crippen LogP contribution in [0.3, 0.4) is 0 Å². The van der Waals surface area contributed by atoms with E-state index in [1.807, 2.05) is 54.6 Å². The monoisotopic (exact) mass is 305 g/mol. The molecule has 1 N–H and O–H groups in total. The maximum atomic E-state index is 5.66. The van der Waals surface area contributed by atoms with E-state index in [1.165, 1.54) is 0 Å². The third-order valence-electron chi connectivity index (χ3n) is 3.42. The van der Waals surface area contributed by atoms with Gasteiger partial charge in [0, 0.05) is 23.5 Å². The van der Waals surface area contributed by atoms with Crippen molar-refractivity contribution in [3.05, 3.63) is 72.6 Å². The molecular formula is C19H19N3O. The van der Waals surface area contributed by atoms with Crippen LogP contribution < -0.4 is 10.3 Å². The predicted octanol–water partition coefficient (Wildman–Crippen LogP) is 4.67. The largest absolute Gasteiger partial charge is 0.362 e. The molecule has 0 unspecified atom stereocenters. The third-order valence-corrected chi connectivity index (χ3v) is 3.42. The van der Waals surface area contributed by atoms with Crippen molar-refractivity contribution in [1.82, 2.24) is 9.97 Å². The van der Waals surface area contributed by atoms with Crippen molar-refractivity contribution in [3.8, 4) is 17.1 Å². The van der Waals surface area contributed by atoms with Gasteiger partial charge in [-0.1, -0.05) is 38.1 Å². The summed E-state index contributed by atoms with van der Waals surface area (Å²) >= 11 is 0.